The summed E-state index contributed by atoms with van der Waals surface area (Å²) in [5.74, 6) is -0.139. The van der Waals surface area contributed by atoms with Crippen molar-refractivity contribution in [1.82, 2.24) is 5.32 Å². The van der Waals surface area contributed by atoms with E-state index < -0.39 is 0 Å². The predicted molar refractivity (Wildman–Crippen MR) is 77.2 cm³/mol. The van der Waals surface area contributed by atoms with E-state index in [2.05, 4.69) is 5.32 Å². The first-order valence-electron chi connectivity index (χ1n) is 5.88. The summed E-state index contributed by atoms with van der Waals surface area (Å²) in [7, 11) is 1.58. The number of amides is 1. The molecule has 0 fully saturated rings. The van der Waals surface area contributed by atoms with E-state index in [-0.39, 0.29) is 5.91 Å². The van der Waals surface area contributed by atoms with Gasteiger partial charge < -0.3 is 5.32 Å². The summed E-state index contributed by atoms with van der Waals surface area (Å²) in [6.07, 6.45) is 3.13. The average Bonchev–Trinajstić information content (AvgIpc) is 2.42. The van der Waals surface area contributed by atoms with Gasteiger partial charge in [0.1, 0.15) is 0 Å². The molecule has 2 nitrogen and oxygen atoms in total. The molecule has 0 spiro atoms. The molecule has 0 atom stereocenters. The number of hydrogen-bond acceptors (Lipinski definition) is 1. The highest BCUT2D eigenvalue weighted by molar-refractivity contribution is 6.32. The van der Waals surface area contributed by atoms with Crippen molar-refractivity contribution in [3.05, 3.63) is 40.9 Å². The molecule has 1 aromatic rings. The maximum absolute atomic E-state index is 10.9. The molecule has 96 valence electrons. The predicted octanol–water partition coefficient (Wildman–Crippen LogP) is 4.15. The van der Waals surface area contributed by atoms with Crippen LogP contribution in [0.5, 0.6) is 0 Å². The second kappa shape index (κ2) is 12.8. The van der Waals surface area contributed by atoms with Gasteiger partial charge in [-0.15, -0.1) is 0 Å². The Bertz CT molecular complexity index is 335. The summed E-state index contributed by atoms with van der Waals surface area (Å²) in [4.78, 5) is 10.9. The summed E-state index contributed by atoms with van der Waals surface area (Å²) in [6, 6.07) is 7.35. The van der Waals surface area contributed by atoms with Gasteiger partial charge in [0.05, 0.1) is 0 Å². The van der Waals surface area contributed by atoms with Gasteiger partial charge in [-0.3, -0.25) is 4.79 Å². The zero-order valence-electron chi connectivity index (χ0n) is 11.3. The van der Waals surface area contributed by atoms with E-state index in [4.69, 9.17) is 11.6 Å². The van der Waals surface area contributed by atoms with Crippen LogP contribution in [-0.2, 0) is 4.79 Å². The lowest BCUT2D eigenvalue weighted by molar-refractivity contribution is -0.115. The number of halogens is 1. The normalized spacial score (nSPS) is 8.59. The summed E-state index contributed by atoms with van der Waals surface area (Å²) in [5.41, 5.74) is 0.841. The van der Waals surface area contributed by atoms with Crippen molar-refractivity contribution in [2.75, 3.05) is 7.05 Å². The molecule has 3 heteroatoms. The molecule has 1 rings (SSSR count). The van der Waals surface area contributed by atoms with E-state index >= 15 is 0 Å². The largest absolute Gasteiger partial charge is 0.356 e. The summed E-state index contributed by atoms with van der Waals surface area (Å²) in [5, 5.41) is 3.13. The van der Waals surface area contributed by atoms with Gasteiger partial charge in [0, 0.05) is 18.1 Å². The van der Waals surface area contributed by atoms with Gasteiger partial charge in [0.15, 0.2) is 0 Å². The fraction of sp³-hybridized carbons (Fsp3) is 0.357. The Morgan fingerprint density at radius 3 is 2.18 bits per heavy atom. The first kappa shape index (κ1) is 18.1. The zero-order chi connectivity index (χ0) is 13.7. The van der Waals surface area contributed by atoms with Gasteiger partial charge in [-0.05, 0) is 17.7 Å². The zero-order valence-corrected chi connectivity index (χ0v) is 12.0. The number of rotatable bonds is 2. The SMILES string of the molecule is CC.CC.CNC(=O)/C=C/c1ccccc1Cl. The lowest BCUT2D eigenvalue weighted by Crippen LogP contribution is -2.13. The van der Waals surface area contributed by atoms with Crippen LogP contribution in [0.15, 0.2) is 30.3 Å². The molecule has 0 bridgehead atoms. The van der Waals surface area contributed by atoms with Crippen molar-refractivity contribution < 1.29 is 4.79 Å². The minimum atomic E-state index is -0.139. The van der Waals surface area contributed by atoms with Crippen LogP contribution in [-0.4, -0.2) is 13.0 Å². The molecular formula is C14H22ClNO. The van der Waals surface area contributed by atoms with E-state index in [0.717, 1.165) is 5.56 Å². The summed E-state index contributed by atoms with van der Waals surface area (Å²) < 4.78 is 0. The molecule has 0 radical (unpaired) electrons. The summed E-state index contributed by atoms with van der Waals surface area (Å²) in [6.45, 7) is 8.00. The second-order valence-electron chi connectivity index (χ2n) is 2.47. The maximum Gasteiger partial charge on any atom is 0.243 e. The molecule has 0 aliphatic carbocycles. The molecule has 0 aromatic heterocycles. The number of carbonyl (C=O) groups excluding carboxylic acids is 1. The number of hydrogen-bond donors (Lipinski definition) is 1. The molecule has 0 unspecified atom stereocenters. The molecule has 1 amide bonds. The third-order valence-corrected chi connectivity index (χ3v) is 1.91. The molecule has 0 saturated carbocycles. The lowest BCUT2D eigenvalue weighted by atomic mass is 10.2. The molecule has 1 aromatic carbocycles. The quantitative estimate of drug-likeness (QED) is 0.791. The van der Waals surface area contributed by atoms with E-state index in [9.17, 15) is 4.79 Å². The van der Waals surface area contributed by atoms with E-state index in [1.165, 1.54) is 6.08 Å². The Morgan fingerprint density at radius 2 is 1.71 bits per heavy atom. The molecule has 0 heterocycles. The highest BCUT2D eigenvalue weighted by atomic mass is 35.5. The minimum absolute atomic E-state index is 0.139. The van der Waals surface area contributed by atoms with Crippen LogP contribution in [0, 0.1) is 0 Å². The maximum atomic E-state index is 10.9. The monoisotopic (exact) mass is 255 g/mol. The Hall–Kier alpha value is -1.28. The molecule has 0 aliphatic heterocycles. The Kier molecular flexibility index (Phi) is 13.6. The molecular weight excluding hydrogens is 234 g/mol. The Balaban J connectivity index is 0. The van der Waals surface area contributed by atoms with Crippen LogP contribution in [0.2, 0.25) is 5.02 Å². The fourth-order valence-electron chi connectivity index (χ4n) is 0.859. The van der Waals surface area contributed by atoms with Gasteiger partial charge in [0.25, 0.3) is 0 Å². The van der Waals surface area contributed by atoms with Crippen LogP contribution < -0.4 is 5.32 Å². The fourth-order valence-corrected chi connectivity index (χ4v) is 1.06. The van der Waals surface area contributed by atoms with Crippen molar-refractivity contribution >= 4 is 23.6 Å². The highest BCUT2D eigenvalue weighted by Gasteiger charge is 1.94. The van der Waals surface area contributed by atoms with Crippen LogP contribution in [0.4, 0.5) is 0 Å². The van der Waals surface area contributed by atoms with Crippen molar-refractivity contribution in [3.63, 3.8) is 0 Å². The highest BCUT2D eigenvalue weighted by Crippen LogP contribution is 2.15. The Labute approximate surface area is 110 Å². The number of nitrogens with one attached hydrogen (secondary N) is 1. The van der Waals surface area contributed by atoms with Crippen LogP contribution >= 0.6 is 11.6 Å². The smallest absolute Gasteiger partial charge is 0.243 e. The van der Waals surface area contributed by atoms with Gasteiger partial charge >= 0.3 is 0 Å². The minimum Gasteiger partial charge on any atom is -0.356 e. The van der Waals surface area contributed by atoms with Gasteiger partial charge in [-0.25, -0.2) is 0 Å². The average molecular weight is 256 g/mol. The molecule has 0 aliphatic rings. The van der Waals surface area contributed by atoms with Gasteiger partial charge in [0.2, 0.25) is 5.91 Å². The van der Waals surface area contributed by atoms with Crippen molar-refractivity contribution in [2.45, 2.75) is 27.7 Å². The van der Waals surface area contributed by atoms with Gasteiger partial charge in [-0.2, -0.15) is 0 Å². The second-order valence-corrected chi connectivity index (χ2v) is 2.88. The van der Waals surface area contributed by atoms with E-state index in [1.807, 2.05) is 45.9 Å². The van der Waals surface area contributed by atoms with Crippen molar-refractivity contribution in [3.8, 4) is 0 Å². The standard InChI is InChI=1S/C10H10ClNO.2C2H6/c1-12-10(13)7-6-8-4-2-3-5-9(8)11;2*1-2/h2-7H,1H3,(H,12,13);2*1-2H3/b7-6+;;. The first-order valence-corrected chi connectivity index (χ1v) is 6.26. The third-order valence-electron chi connectivity index (χ3n) is 1.57. The van der Waals surface area contributed by atoms with Crippen LogP contribution in [0.3, 0.4) is 0 Å². The topological polar surface area (TPSA) is 29.1 Å². The first-order chi connectivity index (χ1) is 8.24. The van der Waals surface area contributed by atoms with E-state index in [0.29, 0.717) is 5.02 Å². The molecule has 1 N–H and O–H groups in total. The number of benzene rings is 1. The van der Waals surface area contributed by atoms with Crippen molar-refractivity contribution in [1.29, 1.82) is 0 Å². The molecule has 17 heavy (non-hydrogen) atoms. The van der Waals surface area contributed by atoms with Crippen molar-refractivity contribution in [2.24, 2.45) is 0 Å². The summed E-state index contributed by atoms with van der Waals surface area (Å²) >= 11 is 5.87. The number of carbonyl (C=O) groups is 1. The van der Waals surface area contributed by atoms with Gasteiger partial charge in [-0.1, -0.05) is 57.5 Å². The van der Waals surface area contributed by atoms with Crippen LogP contribution in [0.25, 0.3) is 6.08 Å². The Morgan fingerprint density at radius 1 is 1.18 bits per heavy atom. The van der Waals surface area contributed by atoms with E-state index in [1.54, 1.807) is 19.2 Å². The lowest BCUT2D eigenvalue weighted by Gasteiger charge is -1.95. The third kappa shape index (κ3) is 8.52. The molecule has 0 saturated heterocycles. The van der Waals surface area contributed by atoms with Crippen LogP contribution in [0.1, 0.15) is 33.3 Å². The number of likely N-dealkylation sites (N-methyl/N-ethyl adjacent to an activating group) is 1.